The summed E-state index contributed by atoms with van der Waals surface area (Å²) in [6.45, 7) is 3.32. The van der Waals surface area contributed by atoms with Crippen molar-refractivity contribution in [3.63, 3.8) is 0 Å². The Morgan fingerprint density at radius 2 is 1.92 bits per heavy atom. The summed E-state index contributed by atoms with van der Waals surface area (Å²) in [6, 6.07) is 15.6. The maximum Gasteiger partial charge on any atom is 0.263 e. The summed E-state index contributed by atoms with van der Waals surface area (Å²) in [5.74, 6) is 1.18. The zero-order valence-electron chi connectivity index (χ0n) is 14.3. The highest BCUT2D eigenvalue weighted by atomic mass is 79.9. The Morgan fingerprint density at radius 1 is 1.12 bits per heavy atom. The molecule has 132 valence electrons. The van der Waals surface area contributed by atoms with Crippen LogP contribution in [-0.2, 0) is 6.54 Å². The zero-order chi connectivity index (χ0) is 18.1. The molecule has 7 heteroatoms. The maximum absolute atomic E-state index is 13.2. The van der Waals surface area contributed by atoms with Crippen molar-refractivity contribution in [1.82, 2.24) is 19.2 Å². The standard InChI is InChI=1S/C19H18BrN5O/c1-2-10-21-18-22-23-19-24(12-13-6-4-3-5-7-13)17(26)15-11-14(20)8-9-16(15)25(18)19/h3-9,11H,2,10,12H2,1H3,(H,21,22). The molecule has 1 N–H and O–H groups in total. The number of fused-ring (bicyclic) bond motifs is 3. The van der Waals surface area contributed by atoms with Crippen molar-refractivity contribution in [2.24, 2.45) is 0 Å². The van der Waals surface area contributed by atoms with Crippen LogP contribution in [0.1, 0.15) is 18.9 Å². The lowest BCUT2D eigenvalue weighted by Crippen LogP contribution is -2.24. The van der Waals surface area contributed by atoms with Gasteiger partial charge in [0.1, 0.15) is 0 Å². The fraction of sp³-hybridized carbons (Fsp3) is 0.211. The molecule has 0 aliphatic heterocycles. The van der Waals surface area contributed by atoms with Crippen LogP contribution >= 0.6 is 15.9 Å². The first kappa shape index (κ1) is 16.8. The number of nitrogens with one attached hydrogen (secondary N) is 1. The van der Waals surface area contributed by atoms with Gasteiger partial charge in [-0.3, -0.25) is 9.36 Å². The number of halogens is 1. The van der Waals surface area contributed by atoms with Gasteiger partial charge >= 0.3 is 0 Å². The molecule has 0 saturated carbocycles. The Morgan fingerprint density at radius 3 is 2.69 bits per heavy atom. The van der Waals surface area contributed by atoms with Crippen molar-refractivity contribution in [2.75, 3.05) is 11.9 Å². The molecule has 0 atom stereocenters. The smallest absolute Gasteiger partial charge is 0.263 e. The number of rotatable bonds is 5. The molecular formula is C19H18BrN5O. The van der Waals surface area contributed by atoms with Crippen LogP contribution < -0.4 is 10.9 Å². The Hall–Kier alpha value is -2.67. The van der Waals surface area contributed by atoms with Gasteiger partial charge in [0.2, 0.25) is 11.7 Å². The van der Waals surface area contributed by atoms with Crippen LogP contribution in [0.4, 0.5) is 5.95 Å². The number of nitrogens with zero attached hydrogens (tertiary/aromatic N) is 4. The lowest BCUT2D eigenvalue weighted by Gasteiger charge is -2.12. The molecule has 0 bridgehead atoms. The van der Waals surface area contributed by atoms with Crippen molar-refractivity contribution in [1.29, 1.82) is 0 Å². The average molecular weight is 412 g/mol. The molecule has 6 nitrogen and oxygen atoms in total. The van der Waals surface area contributed by atoms with Gasteiger partial charge in [-0.25, -0.2) is 4.40 Å². The molecule has 0 saturated heterocycles. The van der Waals surface area contributed by atoms with Crippen LogP contribution in [0, 0.1) is 0 Å². The monoisotopic (exact) mass is 411 g/mol. The van der Waals surface area contributed by atoms with Gasteiger partial charge in [-0.15, -0.1) is 10.2 Å². The Labute approximate surface area is 158 Å². The number of hydrogen-bond acceptors (Lipinski definition) is 4. The predicted molar refractivity (Wildman–Crippen MR) is 107 cm³/mol. The van der Waals surface area contributed by atoms with Crippen molar-refractivity contribution in [3.8, 4) is 0 Å². The van der Waals surface area contributed by atoms with E-state index in [1.165, 1.54) is 0 Å². The van der Waals surface area contributed by atoms with E-state index < -0.39 is 0 Å². The first-order chi connectivity index (χ1) is 12.7. The maximum atomic E-state index is 13.2. The highest BCUT2D eigenvalue weighted by Crippen LogP contribution is 2.21. The second kappa shape index (κ2) is 6.92. The van der Waals surface area contributed by atoms with Crippen LogP contribution in [0.5, 0.6) is 0 Å². The third-order valence-electron chi connectivity index (χ3n) is 4.28. The molecule has 4 rings (SSSR count). The Bertz CT molecular complexity index is 1130. The zero-order valence-corrected chi connectivity index (χ0v) is 15.9. The SMILES string of the molecule is CCCNc1nnc2n(Cc3ccccc3)c(=O)c3cc(Br)ccc3n12. The molecule has 26 heavy (non-hydrogen) atoms. The van der Waals surface area contributed by atoms with Gasteiger partial charge in [0, 0.05) is 11.0 Å². The van der Waals surface area contributed by atoms with E-state index in [9.17, 15) is 4.79 Å². The van der Waals surface area contributed by atoms with Crippen molar-refractivity contribution in [3.05, 3.63) is 68.9 Å². The van der Waals surface area contributed by atoms with Gasteiger partial charge in [-0.1, -0.05) is 53.2 Å². The average Bonchev–Trinajstić information content (AvgIpc) is 3.08. The van der Waals surface area contributed by atoms with E-state index in [-0.39, 0.29) is 5.56 Å². The van der Waals surface area contributed by atoms with Crippen molar-refractivity contribution < 1.29 is 0 Å². The summed E-state index contributed by atoms with van der Waals surface area (Å²) in [5.41, 5.74) is 1.75. The van der Waals surface area contributed by atoms with Crippen LogP contribution in [0.3, 0.4) is 0 Å². The molecule has 0 fully saturated rings. The fourth-order valence-electron chi connectivity index (χ4n) is 3.04. The second-order valence-corrected chi connectivity index (χ2v) is 7.04. The predicted octanol–water partition coefficient (Wildman–Crippen LogP) is 3.68. The molecule has 0 amide bonds. The van der Waals surface area contributed by atoms with E-state index in [1.807, 2.05) is 52.9 Å². The second-order valence-electron chi connectivity index (χ2n) is 6.12. The van der Waals surface area contributed by atoms with Gasteiger partial charge in [0.25, 0.3) is 5.56 Å². The van der Waals surface area contributed by atoms with Crippen LogP contribution in [0.15, 0.2) is 57.8 Å². The minimum Gasteiger partial charge on any atom is -0.354 e. The van der Waals surface area contributed by atoms with Gasteiger partial charge in [-0.2, -0.15) is 0 Å². The summed E-state index contributed by atoms with van der Waals surface area (Å²) in [4.78, 5) is 13.2. The largest absolute Gasteiger partial charge is 0.354 e. The summed E-state index contributed by atoms with van der Waals surface area (Å²) in [7, 11) is 0. The lowest BCUT2D eigenvalue weighted by atomic mass is 10.2. The summed E-state index contributed by atoms with van der Waals surface area (Å²) >= 11 is 3.47. The number of benzene rings is 2. The molecule has 2 aromatic carbocycles. The van der Waals surface area contributed by atoms with E-state index in [2.05, 4.69) is 38.4 Å². The topological polar surface area (TPSA) is 64.2 Å². The summed E-state index contributed by atoms with van der Waals surface area (Å²) in [6.07, 6.45) is 0.974. The summed E-state index contributed by atoms with van der Waals surface area (Å²) in [5, 5.41) is 12.5. The number of hydrogen-bond donors (Lipinski definition) is 1. The van der Waals surface area contributed by atoms with Gasteiger partial charge in [0.05, 0.1) is 17.4 Å². The highest BCUT2D eigenvalue weighted by molar-refractivity contribution is 9.10. The quantitative estimate of drug-likeness (QED) is 0.543. The molecule has 0 unspecified atom stereocenters. The van der Waals surface area contributed by atoms with E-state index in [0.29, 0.717) is 23.7 Å². The van der Waals surface area contributed by atoms with E-state index in [0.717, 1.165) is 28.5 Å². The molecule has 2 aromatic heterocycles. The van der Waals surface area contributed by atoms with Crippen LogP contribution in [0.25, 0.3) is 16.7 Å². The van der Waals surface area contributed by atoms with Gasteiger partial charge < -0.3 is 5.32 Å². The van der Waals surface area contributed by atoms with E-state index in [1.54, 1.807) is 4.57 Å². The highest BCUT2D eigenvalue weighted by Gasteiger charge is 2.16. The third kappa shape index (κ3) is 2.88. The molecule has 0 spiro atoms. The number of anilines is 1. The van der Waals surface area contributed by atoms with E-state index in [4.69, 9.17) is 0 Å². The van der Waals surface area contributed by atoms with Crippen LogP contribution in [-0.4, -0.2) is 25.7 Å². The number of aromatic nitrogens is 4. The van der Waals surface area contributed by atoms with E-state index >= 15 is 0 Å². The Balaban J connectivity index is 2.01. The molecule has 0 aliphatic carbocycles. The summed E-state index contributed by atoms with van der Waals surface area (Å²) < 4.78 is 4.46. The normalized spacial score (nSPS) is 11.3. The minimum absolute atomic E-state index is 0.0768. The van der Waals surface area contributed by atoms with Crippen LogP contribution in [0.2, 0.25) is 0 Å². The molecular weight excluding hydrogens is 394 g/mol. The van der Waals surface area contributed by atoms with Gasteiger partial charge in [0.15, 0.2) is 0 Å². The molecule has 0 aliphatic rings. The Kier molecular flexibility index (Phi) is 4.46. The molecule has 0 radical (unpaired) electrons. The first-order valence-electron chi connectivity index (χ1n) is 8.54. The lowest BCUT2D eigenvalue weighted by molar-refractivity contribution is 0.766. The third-order valence-corrected chi connectivity index (χ3v) is 4.77. The van der Waals surface area contributed by atoms with Gasteiger partial charge in [-0.05, 0) is 30.2 Å². The fourth-order valence-corrected chi connectivity index (χ4v) is 3.40. The minimum atomic E-state index is -0.0768. The van der Waals surface area contributed by atoms with Crippen molar-refractivity contribution in [2.45, 2.75) is 19.9 Å². The molecule has 4 aromatic rings. The van der Waals surface area contributed by atoms with Crippen molar-refractivity contribution >= 4 is 38.6 Å². The molecule has 2 heterocycles. The first-order valence-corrected chi connectivity index (χ1v) is 9.33.